The maximum Gasteiger partial charge on any atom is 0.274 e. The molecule has 2 rings (SSSR count). The van der Waals surface area contributed by atoms with Crippen molar-refractivity contribution in [2.45, 2.75) is 13.3 Å². The van der Waals surface area contributed by atoms with Gasteiger partial charge in [0.15, 0.2) is 0 Å². The number of halogens is 1. The molecular formula is C18H21FN4O3. The highest BCUT2D eigenvalue weighted by molar-refractivity contribution is 5.93. The van der Waals surface area contributed by atoms with Crippen molar-refractivity contribution >= 4 is 17.5 Å². The van der Waals surface area contributed by atoms with Crippen molar-refractivity contribution < 1.29 is 18.7 Å². The summed E-state index contributed by atoms with van der Waals surface area (Å²) >= 11 is 0. The molecule has 7 nitrogen and oxygen atoms in total. The summed E-state index contributed by atoms with van der Waals surface area (Å²) in [6, 6.07) is 5.48. The van der Waals surface area contributed by atoms with Crippen molar-refractivity contribution in [2.75, 3.05) is 32.1 Å². The minimum Gasteiger partial charge on any atom is -0.383 e. The number of nitrogens with one attached hydrogen (secondary N) is 1. The SMILES string of the molecule is COCCN(CCC(=O)Nc1ccc(F)cc1)C(=O)c1cnc(C)cn1. The van der Waals surface area contributed by atoms with Gasteiger partial charge in [0.25, 0.3) is 5.91 Å². The number of hydrogen-bond acceptors (Lipinski definition) is 5. The van der Waals surface area contributed by atoms with E-state index in [0.29, 0.717) is 24.5 Å². The van der Waals surface area contributed by atoms with Crippen molar-refractivity contribution in [1.82, 2.24) is 14.9 Å². The number of ether oxygens (including phenoxy) is 1. The number of amides is 2. The molecule has 0 aliphatic heterocycles. The second-order valence-corrected chi connectivity index (χ2v) is 5.63. The molecule has 0 aliphatic carbocycles. The lowest BCUT2D eigenvalue weighted by atomic mass is 10.2. The standard InChI is InChI=1S/C18H21FN4O3/c1-13-11-21-16(12-20-13)18(25)23(9-10-26-2)8-7-17(24)22-15-5-3-14(19)4-6-15/h3-6,11-12H,7-10H2,1-2H3,(H,22,24). The van der Waals surface area contributed by atoms with Crippen LogP contribution in [0.4, 0.5) is 10.1 Å². The average molecular weight is 360 g/mol. The lowest BCUT2D eigenvalue weighted by molar-refractivity contribution is -0.116. The Hall–Kier alpha value is -2.87. The highest BCUT2D eigenvalue weighted by Crippen LogP contribution is 2.09. The highest BCUT2D eigenvalue weighted by atomic mass is 19.1. The van der Waals surface area contributed by atoms with Crippen molar-refractivity contribution in [3.8, 4) is 0 Å². The fourth-order valence-corrected chi connectivity index (χ4v) is 2.17. The van der Waals surface area contributed by atoms with Crippen LogP contribution in [0, 0.1) is 12.7 Å². The van der Waals surface area contributed by atoms with Crippen LogP contribution in [-0.4, -0.2) is 53.5 Å². The number of benzene rings is 1. The van der Waals surface area contributed by atoms with E-state index in [4.69, 9.17) is 4.74 Å². The third-order valence-electron chi connectivity index (χ3n) is 3.59. The minimum atomic E-state index is -0.376. The zero-order valence-electron chi connectivity index (χ0n) is 14.7. The summed E-state index contributed by atoms with van der Waals surface area (Å²) in [7, 11) is 1.54. The Morgan fingerprint density at radius 3 is 2.50 bits per heavy atom. The first-order valence-corrected chi connectivity index (χ1v) is 8.12. The first-order valence-electron chi connectivity index (χ1n) is 8.12. The van der Waals surface area contributed by atoms with Crippen LogP contribution < -0.4 is 5.32 Å². The van der Waals surface area contributed by atoms with Gasteiger partial charge < -0.3 is 15.0 Å². The quantitative estimate of drug-likeness (QED) is 0.779. The van der Waals surface area contributed by atoms with E-state index in [1.807, 2.05) is 0 Å². The second kappa shape index (κ2) is 9.57. The molecule has 0 saturated heterocycles. The van der Waals surface area contributed by atoms with Gasteiger partial charge in [-0.3, -0.25) is 14.6 Å². The van der Waals surface area contributed by atoms with E-state index in [1.54, 1.807) is 6.92 Å². The molecule has 1 aromatic carbocycles. The monoisotopic (exact) mass is 360 g/mol. The van der Waals surface area contributed by atoms with Gasteiger partial charge in [0.1, 0.15) is 11.5 Å². The van der Waals surface area contributed by atoms with Crippen LogP contribution in [0.25, 0.3) is 0 Å². The van der Waals surface area contributed by atoms with Crippen molar-refractivity contribution in [2.24, 2.45) is 0 Å². The van der Waals surface area contributed by atoms with Gasteiger partial charge in [-0.2, -0.15) is 0 Å². The molecule has 8 heteroatoms. The van der Waals surface area contributed by atoms with Crippen LogP contribution in [0.15, 0.2) is 36.7 Å². The Bertz CT molecular complexity index is 735. The van der Waals surface area contributed by atoms with Gasteiger partial charge >= 0.3 is 0 Å². The van der Waals surface area contributed by atoms with E-state index in [1.165, 1.54) is 48.7 Å². The Morgan fingerprint density at radius 1 is 1.15 bits per heavy atom. The number of aromatic nitrogens is 2. The molecule has 0 fully saturated rings. The summed E-state index contributed by atoms with van der Waals surface area (Å²) in [5.41, 5.74) is 1.42. The van der Waals surface area contributed by atoms with Crippen molar-refractivity contribution in [3.05, 3.63) is 53.9 Å². The third kappa shape index (κ3) is 5.89. The molecule has 2 aromatic rings. The number of hydrogen-bond donors (Lipinski definition) is 1. The largest absolute Gasteiger partial charge is 0.383 e. The second-order valence-electron chi connectivity index (χ2n) is 5.63. The zero-order chi connectivity index (χ0) is 18.9. The number of methoxy groups -OCH3 is 1. The number of anilines is 1. The summed E-state index contributed by atoms with van der Waals surface area (Å²) in [5, 5.41) is 2.66. The van der Waals surface area contributed by atoms with Crippen LogP contribution in [0.3, 0.4) is 0 Å². The zero-order valence-corrected chi connectivity index (χ0v) is 14.7. The predicted molar refractivity (Wildman–Crippen MR) is 94.2 cm³/mol. The summed E-state index contributed by atoms with van der Waals surface area (Å²) in [5.74, 6) is -0.968. The Labute approximate surface area is 151 Å². The van der Waals surface area contributed by atoms with Crippen LogP contribution in [0.5, 0.6) is 0 Å². The maximum atomic E-state index is 12.9. The first kappa shape index (κ1) is 19.5. The molecule has 2 amide bonds. The van der Waals surface area contributed by atoms with Gasteiger partial charge in [-0.05, 0) is 31.2 Å². The van der Waals surface area contributed by atoms with Gasteiger partial charge in [-0.25, -0.2) is 9.37 Å². The molecular weight excluding hydrogens is 339 g/mol. The fraction of sp³-hybridized carbons (Fsp3) is 0.333. The minimum absolute atomic E-state index is 0.0894. The number of rotatable bonds is 8. The van der Waals surface area contributed by atoms with Gasteiger partial charge in [-0.15, -0.1) is 0 Å². The van der Waals surface area contributed by atoms with Crippen LogP contribution in [0.2, 0.25) is 0 Å². The van der Waals surface area contributed by atoms with E-state index in [0.717, 1.165) is 0 Å². The summed E-state index contributed by atoms with van der Waals surface area (Å²) < 4.78 is 17.9. The Balaban J connectivity index is 1.95. The summed E-state index contributed by atoms with van der Waals surface area (Å²) in [6.45, 7) is 2.65. The topological polar surface area (TPSA) is 84.4 Å². The van der Waals surface area contributed by atoms with Crippen molar-refractivity contribution in [1.29, 1.82) is 0 Å². The molecule has 0 aliphatic rings. The summed E-state index contributed by atoms with van der Waals surface area (Å²) in [4.78, 5) is 34.3. The molecule has 0 saturated carbocycles. The van der Waals surface area contributed by atoms with Crippen LogP contribution >= 0.6 is 0 Å². The molecule has 0 unspecified atom stereocenters. The Kier molecular flexibility index (Phi) is 7.16. The smallest absolute Gasteiger partial charge is 0.274 e. The van der Waals surface area contributed by atoms with Gasteiger partial charge in [0, 0.05) is 38.5 Å². The van der Waals surface area contributed by atoms with Gasteiger partial charge in [0.05, 0.1) is 18.5 Å². The molecule has 0 radical (unpaired) electrons. The Morgan fingerprint density at radius 2 is 1.88 bits per heavy atom. The maximum absolute atomic E-state index is 12.9. The van der Waals surface area contributed by atoms with Gasteiger partial charge in [0.2, 0.25) is 5.91 Å². The third-order valence-corrected chi connectivity index (χ3v) is 3.59. The molecule has 26 heavy (non-hydrogen) atoms. The lowest BCUT2D eigenvalue weighted by Gasteiger charge is -2.21. The first-order chi connectivity index (χ1) is 12.5. The van der Waals surface area contributed by atoms with E-state index >= 15 is 0 Å². The molecule has 1 N–H and O–H groups in total. The number of aryl methyl sites for hydroxylation is 1. The van der Waals surface area contributed by atoms with Crippen LogP contribution in [0.1, 0.15) is 22.6 Å². The predicted octanol–water partition coefficient (Wildman–Crippen LogP) is 2.04. The van der Waals surface area contributed by atoms with E-state index in [9.17, 15) is 14.0 Å². The molecule has 0 atom stereocenters. The lowest BCUT2D eigenvalue weighted by Crippen LogP contribution is -2.36. The molecule has 0 spiro atoms. The molecule has 0 bridgehead atoms. The van der Waals surface area contributed by atoms with E-state index in [-0.39, 0.29) is 36.3 Å². The molecule has 138 valence electrons. The normalized spacial score (nSPS) is 10.4. The number of carbonyl (C=O) groups excluding carboxylic acids is 2. The van der Waals surface area contributed by atoms with Crippen molar-refractivity contribution in [3.63, 3.8) is 0 Å². The average Bonchev–Trinajstić information content (AvgIpc) is 2.64. The fourth-order valence-electron chi connectivity index (χ4n) is 2.17. The summed E-state index contributed by atoms with van der Waals surface area (Å²) in [6.07, 6.45) is 3.02. The van der Waals surface area contributed by atoms with E-state index < -0.39 is 0 Å². The van der Waals surface area contributed by atoms with E-state index in [2.05, 4.69) is 15.3 Å². The number of nitrogens with zero attached hydrogens (tertiary/aromatic N) is 3. The van der Waals surface area contributed by atoms with Crippen LogP contribution in [-0.2, 0) is 9.53 Å². The molecule has 1 heterocycles. The molecule has 1 aromatic heterocycles. The highest BCUT2D eigenvalue weighted by Gasteiger charge is 2.18. The van der Waals surface area contributed by atoms with Gasteiger partial charge in [-0.1, -0.05) is 0 Å². The number of carbonyl (C=O) groups is 2.